The number of anilines is 1. The van der Waals surface area contributed by atoms with E-state index >= 15 is 0 Å². The van der Waals surface area contributed by atoms with Crippen LogP contribution in [0.1, 0.15) is 10.5 Å². The fourth-order valence-corrected chi connectivity index (χ4v) is 2.51. The smallest absolute Gasteiger partial charge is 0.276 e. The molecule has 0 atom stereocenters. The van der Waals surface area contributed by atoms with Gasteiger partial charge in [0.15, 0.2) is 5.69 Å². The number of carbonyl (C=O) groups is 1. The number of aromatic amines is 2. The first kappa shape index (κ1) is 14.3. The molecule has 0 aliphatic rings. The van der Waals surface area contributed by atoms with Crippen LogP contribution in [0.5, 0.6) is 0 Å². The summed E-state index contributed by atoms with van der Waals surface area (Å²) in [4.78, 5) is 12.4. The Balaban J connectivity index is 1.58. The maximum atomic E-state index is 12.4. The van der Waals surface area contributed by atoms with Crippen LogP contribution in [0, 0.1) is 0 Å². The second-order valence-corrected chi connectivity index (χ2v) is 5.47. The second kappa shape index (κ2) is 5.74. The summed E-state index contributed by atoms with van der Waals surface area (Å²) in [6, 6.07) is 12.3. The molecule has 2 heterocycles. The summed E-state index contributed by atoms with van der Waals surface area (Å²) in [5, 5.41) is 24.6. The Labute approximate surface area is 140 Å². The fourth-order valence-electron chi connectivity index (χ4n) is 2.34. The first-order valence-corrected chi connectivity index (χ1v) is 7.37. The van der Waals surface area contributed by atoms with E-state index in [-0.39, 0.29) is 11.6 Å². The number of hydrogen-bond acceptors (Lipinski definition) is 5. The van der Waals surface area contributed by atoms with Crippen molar-refractivity contribution in [1.82, 2.24) is 30.8 Å². The molecular formula is C15H10ClN7O. The molecule has 0 bridgehead atoms. The highest BCUT2D eigenvalue weighted by molar-refractivity contribution is 6.31. The number of benzene rings is 2. The number of nitrogens with one attached hydrogen (secondary N) is 3. The van der Waals surface area contributed by atoms with Gasteiger partial charge in [0.25, 0.3) is 5.91 Å². The third-order valence-electron chi connectivity index (χ3n) is 3.49. The van der Waals surface area contributed by atoms with Crippen LogP contribution in [0.2, 0.25) is 5.02 Å². The first-order valence-electron chi connectivity index (χ1n) is 6.99. The molecule has 118 valence electrons. The molecule has 0 aliphatic heterocycles. The van der Waals surface area contributed by atoms with E-state index in [1.165, 1.54) is 0 Å². The third kappa shape index (κ3) is 2.59. The minimum Gasteiger partial charge on any atom is -0.321 e. The molecular weight excluding hydrogens is 330 g/mol. The number of rotatable bonds is 3. The Bertz CT molecular complexity index is 1010. The average Bonchev–Trinajstić information content (AvgIpc) is 3.24. The monoisotopic (exact) mass is 339 g/mol. The fraction of sp³-hybridized carbons (Fsp3) is 0. The van der Waals surface area contributed by atoms with Gasteiger partial charge in [-0.15, -0.1) is 10.2 Å². The molecule has 0 aliphatic carbocycles. The summed E-state index contributed by atoms with van der Waals surface area (Å²) < 4.78 is 0. The summed E-state index contributed by atoms with van der Waals surface area (Å²) >= 11 is 5.99. The van der Waals surface area contributed by atoms with Gasteiger partial charge in [-0.1, -0.05) is 11.6 Å². The maximum Gasteiger partial charge on any atom is 0.276 e. The Kier molecular flexibility index (Phi) is 3.43. The molecule has 0 unspecified atom stereocenters. The van der Waals surface area contributed by atoms with Crippen molar-refractivity contribution in [2.75, 3.05) is 5.32 Å². The van der Waals surface area contributed by atoms with Gasteiger partial charge in [0.05, 0.1) is 5.52 Å². The number of nitrogens with zero attached hydrogens (tertiary/aromatic N) is 4. The van der Waals surface area contributed by atoms with Gasteiger partial charge in [0.1, 0.15) is 0 Å². The van der Waals surface area contributed by atoms with E-state index in [1.54, 1.807) is 42.5 Å². The van der Waals surface area contributed by atoms with Crippen LogP contribution < -0.4 is 5.32 Å². The van der Waals surface area contributed by atoms with Crippen molar-refractivity contribution in [3.8, 4) is 11.4 Å². The van der Waals surface area contributed by atoms with Crippen LogP contribution in [0.4, 0.5) is 5.69 Å². The van der Waals surface area contributed by atoms with E-state index in [9.17, 15) is 4.79 Å². The van der Waals surface area contributed by atoms with E-state index in [0.29, 0.717) is 21.9 Å². The molecule has 3 N–H and O–H groups in total. The highest BCUT2D eigenvalue weighted by atomic mass is 35.5. The molecule has 0 saturated heterocycles. The molecule has 9 heteroatoms. The van der Waals surface area contributed by atoms with Crippen molar-refractivity contribution in [3.05, 3.63) is 53.2 Å². The van der Waals surface area contributed by atoms with Crippen molar-refractivity contribution in [2.45, 2.75) is 0 Å². The van der Waals surface area contributed by atoms with Gasteiger partial charge >= 0.3 is 0 Å². The van der Waals surface area contributed by atoms with Crippen LogP contribution >= 0.6 is 11.6 Å². The summed E-state index contributed by atoms with van der Waals surface area (Å²) in [7, 11) is 0. The van der Waals surface area contributed by atoms with Crippen molar-refractivity contribution in [1.29, 1.82) is 0 Å². The Morgan fingerprint density at radius 1 is 1.08 bits per heavy atom. The van der Waals surface area contributed by atoms with Crippen LogP contribution in [0.15, 0.2) is 42.5 Å². The molecule has 0 fully saturated rings. The molecule has 24 heavy (non-hydrogen) atoms. The number of halogens is 1. The van der Waals surface area contributed by atoms with E-state index in [4.69, 9.17) is 11.6 Å². The van der Waals surface area contributed by atoms with Crippen LogP contribution in [0.25, 0.3) is 22.3 Å². The average molecular weight is 340 g/mol. The summed E-state index contributed by atoms with van der Waals surface area (Å²) in [6.07, 6.45) is 0. The van der Waals surface area contributed by atoms with Gasteiger partial charge < -0.3 is 5.32 Å². The van der Waals surface area contributed by atoms with Crippen LogP contribution in [0.3, 0.4) is 0 Å². The largest absolute Gasteiger partial charge is 0.321 e. The quantitative estimate of drug-likeness (QED) is 0.531. The van der Waals surface area contributed by atoms with Gasteiger partial charge in [-0.25, -0.2) is 0 Å². The minimum atomic E-state index is -0.323. The lowest BCUT2D eigenvalue weighted by Gasteiger charge is -2.04. The highest BCUT2D eigenvalue weighted by Gasteiger charge is 2.15. The molecule has 1 amide bonds. The maximum absolute atomic E-state index is 12.4. The number of hydrogen-bond donors (Lipinski definition) is 3. The molecule has 0 spiro atoms. The predicted octanol–water partition coefficient (Wildman–Crippen LogP) is 2.65. The second-order valence-electron chi connectivity index (χ2n) is 5.03. The van der Waals surface area contributed by atoms with Crippen molar-refractivity contribution < 1.29 is 4.79 Å². The lowest BCUT2D eigenvalue weighted by Crippen LogP contribution is -2.12. The van der Waals surface area contributed by atoms with E-state index in [2.05, 4.69) is 36.1 Å². The molecule has 2 aromatic heterocycles. The number of tetrazole rings is 1. The Hall–Kier alpha value is -3.26. The SMILES string of the molecule is O=C(Nc1ccc(-c2nn[nH]n2)cc1)c1n[nH]c2ccc(Cl)cc12. The van der Waals surface area contributed by atoms with Crippen molar-refractivity contribution in [3.63, 3.8) is 0 Å². The van der Waals surface area contributed by atoms with E-state index < -0.39 is 0 Å². The van der Waals surface area contributed by atoms with E-state index in [1.807, 2.05) is 0 Å². The molecule has 4 aromatic rings. The summed E-state index contributed by atoms with van der Waals surface area (Å²) in [5.41, 5.74) is 2.45. The molecule has 0 saturated carbocycles. The van der Waals surface area contributed by atoms with Gasteiger partial charge in [0, 0.05) is 21.7 Å². The van der Waals surface area contributed by atoms with Gasteiger partial charge in [-0.05, 0) is 47.7 Å². The van der Waals surface area contributed by atoms with Gasteiger partial charge in [-0.2, -0.15) is 10.3 Å². The number of amides is 1. The number of carbonyl (C=O) groups excluding carboxylic acids is 1. The molecule has 8 nitrogen and oxygen atoms in total. The Morgan fingerprint density at radius 2 is 1.92 bits per heavy atom. The highest BCUT2D eigenvalue weighted by Crippen LogP contribution is 2.22. The normalized spacial score (nSPS) is 10.9. The minimum absolute atomic E-state index is 0.287. The number of H-pyrrole nitrogens is 2. The zero-order valence-electron chi connectivity index (χ0n) is 12.1. The zero-order valence-corrected chi connectivity index (χ0v) is 12.9. The topological polar surface area (TPSA) is 112 Å². The zero-order chi connectivity index (χ0) is 16.5. The molecule has 4 rings (SSSR count). The first-order chi connectivity index (χ1) is 11.7. The molecule has 2 aromatic carbocycles. The lowest BCUT2D eigenvalue weighted by molar-refractivity contribution is 0.102. The Morgan fingerprint density at radius 3 is 2.67 bits per heavy atom. The predicted molar refractivity (Wildman–Crippen MR) is 88.7 cm³/mol. The van der Waals surface area contributed by atoms with Gasteiger partial charge in [-0.3, -0.25) is 9.89 Å². The summed E-state index contributed by atoms with van der Waals surface area (Å²) in [5.74, 6) is 0.164. The van der Waals surface area contributed by atoms with Gasteiger partial charge in [0.2, 0.25) is 5.82 Å². The summed E-state index contributed by atoms with van der Waals surface area (Å²) in [6.45, 7) is 0. The van der Waals surface area contributed by atoms with E-state index in [0.717, 1.165) is 11.1 Å². The molecule has 0 radical (unpaired) electrons. The lowest BCUT2D eigenvalue weighted by atomic mass is 10.2. The number of fused-ring (bicyclic) bond motifs is 1. The number of aromatic nitrogens is 6. The van der Waals surface area contributed by atoms with Crippen molar-refractivity contribution in [2.24, 2.45) is 0 Å². The standard InChI is InChI=1S/C15H10ClN7O/c16-9-3-6-12-11(7-9)13(19-18-12)15(24)17-10-4-1-8(2-5-10)14-20-22-23-21-14/h1-7H,(H,17,24)(H,18,19)(H,20,21,22,23). The van der Waals surface area contributed by atoms with Crippen LogP contribution in [-0.2, 0) is 0 Å². The van der Waals surface area contributed by atoms with Crippen LogP contribution in [-0.4, -0.2) is 36.7 Å². The van der Waals surface area contributed by atoms with Crippen molar-refractivity contribution >= 4 is 34.1 Å². The third-order valence-corrected chi connectivity index (χ3v) is 3.72.